The molecule has 0 aromatic rings. The molecule has 1 unspecified atom stereocenters. The van der Waals surface area contributed by atoms with E-state index < -0.39 is 12.6 Å². The van der Waals surface area contributed by atoms with E-state index in [1.54, 1.807) is 7.05 Å². The monoisotopic (exact) mass is 409 g/mol. The Morgan fingerprint density at radius 3 is 2.35 bits per heavy atom. The van der Waals surface area contributed by atoms with E-state index in [0.717, 1.165) is 12.8 Å². The van der Waals surface area contributed by atoms with Crippen LogP contribution >= 0.6 is 24.0 Å². The number of alkyl halides is 3. The summed E-state index contributed by atoms with van der Waals surface area (Å²) in [5.41, 5.74) is 0. The minimum absolute atomic E-state index is 0. The SMILES string of the molecule is CCCCCCC(C)NC(=NC)NCCC(F)(F)F.I. The van der Waals surface area contributed by atoms with Gasteiger partial charge in [0.05, 0.1) is 6.42 Å². The third kappa shape index (κ3) is 14.2. The lowest BCUT2D eigenvalue weighted by molar-refractivity contribution is -0.132. The van der Waals surface area contributed by atoms with Gasteiger partial charge in [0.1, 0.15) is 0 Å². The lowest BCUT2D eigenvalue weighted by Gasteiger charge is -2.18. The largest absolute Gasteiger partial charge is 0.390 e. The van der Waals surface area contributed by atoms with Gasteiger partial charge in [-0.2, -0.15) is 13.2 Å². The van der Waals surface area contributed by atoms with Crippen LogP contribution in [-0.4, -0.2) is 31.8 Å². The van der Waals surface area contributed by atoms with Gasteiger partial charge in [-0.05, 0) is 13.3 Å². The van der Waals surface area contributed by atoms with Crippen molar-refractivity contribution < 1.29 is 13.2 Å². The van der Waals surface area contributed by atoms with Gasteiger partial charge in [-0.15, -0.1) is 24.0 Å². The van der Waals surface area contributed by atoms with Gasteiger partial charge >= 0.3 is 6.18 Å². The summed E-state index contributed by atoms with van der Waals surface area (Å²) in [5, 5.41) is 5.78. The van der Waals surface area contributed by atoms with Crippen LogP contribution in [0.5, 0.6) is 0 Å². The highest BCUT2D eigenvalue weighted by atomic mass is 127. The average molecular weight is 409 g/mol. The molecule has 0 radical (unpaired) electrons. The van der Waals surface area contributed by atoms with Crippen LogP contribution in [0.25, 0.3) is 0 Å². The lowest BCUT2D eigenvalue weighted by atomic mass is 10.1. The first-order chi connectivity index (χ1) is 8.89. The third-order valence-corrected chi connectivity index (χ3v) is 2.80. The van der Waals surface area contributed by atoms with Crippen LogP contribution < -0.4 is 10.6 Å². The molecule has 0 heterocycles. The zero-order chi connectivity index (χ0) is 14.7. The first-order valence-electron chi connectivity index (χ1n) is 6.93. The molecule has 0 spiro atoms. The molecule has 7 heteroatoms. The maximum Gasteiger partial charge on any atom is 0.390 e. The van der Waals surface area contributed by atoms with Crippen LogP contribution in [0, 0.1) is 0 Å². The number of hydrogen-bond donors (Lipinski definition) is 2. The van der Waals surface area contributed by atoms with Crippen molar-refractivity contribution in [1.82, 2.24) is 10.6 Å². The van der Waals surface area contributed by atoms with E-state index in [1.165, 1.54) is 19.3 Å². The molecule has 0 saturated heterocycles. The van der Waals surface area contributed by atoms with Crippen molar-refractivity contribution >= 4 is 29.9 Å². The molecule has 0 aliphatic rings. The van der Waals surface area contributed by atoms with Gasteiger partial charge < -0.3 is 10.6 Å². The Labute approximate surface area is 137 Å². The number of nitrogens with one attached hydrogen (secondary N) is 2. The smallest absolute Gasteiger partial charge is 0.356 e. The molecule has 122 valence electrons. The van der Waals surface area contributed by atoms with Crippen LogP contribution in [0.2, 0.25) is 0 Å². The van der Waals surface area contributed by atoms with Gasteiger partial charge in [-0.3, -0.25) is 4.99 Å². The maximum absolute atomic E-state index is 12.0. The maximum atomic E-state index is 12.0. The van der Waals surface area contributed by atoms with Crippen molar-refractivity contribution in [3.05, 3.63) is 0 Å². The van der Waals surface area contributed by atoms with Gasteiger partial charge in [0.2, 0.25) is 0 Å². The molecule has 0 aliphatic carbocycles. The fourth-order valence-electron chi connectivity index (χ4n) is 1.70. The van der Waals surface area contributed by atoms with Gasteiger partial charge in [-0.25, -0.2) is 0 Å². The van der Waals surface area contributed by atoms with Crippen LogP contribution in [-0.2, 0) is 0 Å². The standard InChI is InChI=1S/C13H26F3N3.HI/c1-4-5-6-7-8-11(2)19-12(17-3)18-10-9-13(14,15)16;/h11H,4-10H2,1-3H3,(H2,17,18,19);1H. The van der Waals surface area contributed by atoms with Crippen molar-refractivity contribution in [3.63, 3.8) is 0 Å². The van der Waals surface area contributed by atoms with Gasteiger partial charge in [0.25, 0.3) is 0 Å². The summed E-state index contributed by atoms with van der Waals surface area (Å²) in [7, 11) is 1.56. The Morgan fingerprint density at radius 1 is 1.20 bits per heavy atom. The highest BCUT2D eigenvalue weighted by Gasteiger charge is 2.26. The quantitative estimate of drug-likeness (QED) is 0.274. The zero-order valence-corrected chi connectivity index (χ0v) is 14.8. The highest BCUT2D eigenvalue weighted by molar-refractivity contribution is 14.0. The van der Waals surface area contributed by atoms with Crippen molar-refractivity contribution in [2.45, 2.75) is 64.6 Å². The minimum atomic E-state index is -4.13. The summed E-state index contributed by atoms with van der Waals surface area (Å²) in [6.07, 6.45) is 0.772. The van der Waals surface area contributed by atoms with Crippen LogP contribution in [0.4, 0.5) is 13.2 Å². The molecule has 0 aliphatic heterocycles. The summed E-state index contributed by atoms with van der Waals surface area (Å²) < 4.78 is 36.0. The molecule has 1 atom stereocenters. The Morgan fingerprint density at radius 2 is 1.85 bits per heavy atom. The minimum Gasteiger partial charge on any atom is -0.356 e. The molecular weight excluding hydrogens is 382 g/mol. The van der Waals surface area contributed by atoms with Gasteiger partial charge in [0, 0.05) is 19.6 Å². The molecule has 0 aromatic heterocycles. The molecule has 0 fully saturated rings. The normalized spacial score (nSPS) is 13.6. The van der Waals surface area contributed by atoms with E-state index in [0.29, 0.717) is 5.96 Å². The second-order valence-electron chi connectivity index (χ2n) is 4.76. The van der Waals surface area contributed by atoms with Crippen LogP contribution in [0.15, 0.2) is 4.99 Å². The number of guanidine groups is 1. The third-order valence-electron chi connectivity index (χ3n) is 2.80. The molecule has 20 heavy (non-hydrogen) atoms. The Kier molecular flexibility index (Phi) is 13.8. The van der Waals surface area contributed by atoms with E-state index in [9.17, 15) is 13.2 Å². The lowest BCUT2D eigenvalue weighted by Crippen LogP contribution is -2.43. The molecule has 0 rings (SSSR count). The van der Waals surface area contributed by atoms with E-state index in [4.69, 9.17) is 0 Å². The van der Waals surface area contributed by atoms with E-state index in [1.807, 2.05) is 6.92 Å². The topological polar surface area (TPSA) is 36.4 Å². The molecule has 3 nitrogen and oxygen atoms in total. The molecule has 0 bridgehead atoms. The first kappa shape index (κ1) is 22.1. The van der Waals surface area contributed by atoms with Crippen molar-refractivity contribution in [2.75, 3.05) is 13.6 Å². The number of nitrogens with zero attached hydrogens (tertiary/aromatic N) is 1. The molecular formula is C13H27F3IN3. The number of rotatable bonds is 8. The van der Waals surface area contributed by atoms with E-state index in [-0.39, 0.29) is 36.6 Å². The molecule has 2 N–H and O–H groups in total. The molecule has 0 saturated carbocycles. The second-order valence-corrected chi connectivity index (χ2v) is 4.76. The summed E-state index contributed by atoms with van der Waals surface area (Å²) in [6.45, 7) is 4.03. The van der Waals surface area contributed by atoms with Crippen LogP contribution in [0.3, 0.4) is 0 Å². The summed E-state index contributed by atoms with van der Waals surface area (Å²) in [5.74, 6) is 0.437. The van der Waals surface area contributed by atoms with Crippen molar-refractivity contribution in [2.24, 2.45) is 4.99 Å². The summed E-state index contributed by atoms with van der Waals surface area (Å²) in [4.78, 5) is 3.92. The highest BCUT2D eigenvalue weighted by Crippen LogP contribution is 2.18. The fraction of sp³-hybridized carbons (Fsp3) is 0.923. The number of unbranched alkanes of at least 4 members (excludes halogenated alkanes) is 3. The summed E-state index contributed by atoms with van der Waals surface area (Å²) in [6, 6.07) is 0.217. The average Bonchev–Trinajstić information content (AvgIpc) is 2.32. The molecule has 0 amide bonds. The summed E-state index contributed by atoms with van der Waals surface area (Å²) >= 11 is 0. The first-order valence-corrected chi connectivity index (χ1v) is 6.93. The Balaban J connectivity index is 0. The van der Waals surface area contributed by atoms with E-state index >= 15 is 0 Å². The zero-order valence-electron chi connectivity index (χ0n) is 12.5. The van der Waals surface area contributed by atoms with Crippen LogP contribution in [0.1, 0.15) is 52.4 Å². The second kappa shape index (κ2) is 12.5. The van der Waals surface area contributed by atoms with E-state index in [2.05, 4.69) is 22.5 Å². The molecule has 0 aromatic carbocycles. The Bertz CT molecular complexity index is 258. The van der Waals surface area contributed by atoms with Gasteiger partial charge in [0.15, 0.2) is 5.96 Å². The fourth-order valence-corrected chi connectivity index (χ4v) is 1.70. The predicted octanol–water partition coefficient (Wildman–Crippen LogP) is 4.08. The number of aliphatic imine (C=N–C) groups is 1. The Hall–Kier alpha value is -0.210. The van der Waals surface area contributed by atoms with Crippen molar-refractivity contribution in [1.29, 1.82) is 0 Å². The number of hydrogen-bond acceptors (Lipinski definition) is 1. The predicted molar refractivity (Wildman–Crippen MR) is 88.8 cm³/mol. The number of halogens is 4. The van der Waals surface area contributed by atoms with Crippen molar-refractivity contribution in [3.8, 4) is 0 Å². The van der Waals surface area contributed by atoms with Gasteiger partial charge in [-0.1, -0.05) is 32.6 Å².